The van der Waals surface area contributed by atoms with Crippen LogP contribution in [0.5, 0.6) is 5.75 Å². The molecule has 1 saturated carbocycles. The van der Waals surface area contributed by atoms with Crippen molar-refractivity contribution in [2.45, 2.75) is 19.4 Å². The smallest absolute Gasteiger partial charge is 0.271 e. The molecule has 1 unspecified atom stereocenters. The number of hydrogen-bond donors (Lipinski definition) is 3. The first-order valence-electron chi connectivity index (χ1n) is 12.4. The molecule has 2 aliphatic rings. The van der Waals surface area contributed by atoms with Crippen molar-refractivity contribution < 1.29 is 23.1 Å². The Kier molecular flexibility index (Phi) is 7.81. The van der Waals surface area contributed by atoms with Gasteiger partial charge in [0.1, 0.15) is 0 Å². The molecule has 5 rings (SSSR count). The molecule has 0 bridgehead atoms. The number of carbonyl (C=O) groups is 2. The maximum atomic E-state index is 12.2. The van der Waals surface area contributed by atoms with Crippen molar-refractivity contribution in [2.75, 3.05) is 50.2 Å². The van der Waals surface area contributed by atoms with Crippen LogP contribution < -0.4 is 21.1 Å². The zero-order chi connectivity index (χ0) is 27.5. The number of hydrogen-bond acceptors (Lipinski definition) is 11. The largest absolute Gasteiger partial charge is 0.494 e. The molecule has 15 heteroatoms. The van der Waals surface area contributed by atoms with E-state index in [2.05, 4.69) is 35.9 Å². The summed E-state index contributed by atoms with van der Waals surface area (Å²) in [5.74, 6) is 0.428. The second-order valence-electron chi connectivity index (χ2n) is 9.27. The van der Waals surface area contributed by atoms with Crippen LogP contribution in [0.1, 0.15) is 29.2 Å². The first-order chi connectivity index (χ1) is 18.8. The molecule has 1 aliphatic heterocycles. The number of benzene rings is 1. The van der Waals surface area contributed by atoms with E-state index in [1.165, 1.54) is 13.2 Å². The monoisotopic (exact) mass is 555 g/mol. The Hall–Kier alpha value is -3.95. The number of ether oxygens (including phenoxy) is 1. The Bertz CT molecular complexity index is 1400. The number of anilines is 3. The van der Waals surface area contributed by atoms with E-state index in [4.69, 9.17) is 15.0 Å². The second kappa shape index (κ2) is 11.4. The Morgan fingerprint density at radius 1 is 1.18 bits per heavy atom. The molecule has 1 atom stereocenters. The van der Waals surface area contributed by atoms with Crippen molar-refractivity contribution in [2.24, 2.45) is 11.7 Å². The molecule has 4 N–H and O–H groups in total. The lowest BCUT2D eigenvalue weighted by atomic mass is 10.1. The van der Waals surface area contributed by atoms with Gasteiger partial charge in [0.2, 0.25) is 17.6 Å². The van der Waals surface area contributed by atoms with Gasteiger partial charge in [-0.2, -0.15) is 4.98 Å². The van der Waals surface area contributed by atoms with Crippen LogP contribution in [0.4, 0.5) is 17.2 Å². The highest BCUT2D eigenvalue weighted by Gasteiger charge is 2.30. The Morgan fingerprint density at radius 3 is 2.62 bits per heavy atom. The molecule has 2 fully saturated rings. The van der Waals surface area contributed by atoms with Gasteiger partial charge in [-0.25, -0.2) is 8.51 Å². The van der Waals surface area contributed by atoms with Gasteiger partial charge in [-0.15, -0.1) is 10.2 Å². The fourth-order valence-corrected chi connectivity index (χ4v) is 4.92. The van der Waals surface area contributed by atoms with Crippen LogP contribution in [0, 0.1) is 5.92 Å². The number of para-hydroxylation sites is 1. The summed E-state index contributed by atoms with van der Waals surface area (Å²) in [6.07, 6.45) is 3.36. The van der Waals surface area contributed by atoms with Gasteiger partial charge in [-0.1, -0.05) is 11.2 Å². The number of methoxy groups -OCH3 is 1. The van der Waals surface area contributed by atoms with Crippen LogP contribution >= 0.6 is 0 Å². The number of nitrogens with two attached hydrogens (primary N) is 1. The predicted octanol–water partition coefficient (Wildman–Crippen LogP) is 1.14. The summed E-state index contributed by atoms with van der Waals surface area (Å²) in [5, 5.41) is 17.8. The standard InChI is InChI=1S/C24H29N9O5S/c1-37-21-15(23-28-19(38-31-23)13-32-8-10-33(11-9-32)39(2)36)4-3-5-16(21)26-17-12-18(27-24(35)14-6-7-14)29-30-20(17)22(25)34/h3-5,12,14H,6-11,13H2,1-2H3,(H2,25,34)(H2,26,27,29,35). The number of aromatic nitrogens is 4. The molecule has 1 aliphatic carbocycles. The van der Waals surface area contributed by atoms with Gasteiger partial charge in [0.05, 0.1) is 41.6 Å². The first-order valence-corrected chi connectivity index (χ1v) is 13.9. The van der Waals surface area contributed by atoms with Crippen molar-refractivity contribution in [3.05, 3.63) is 35.9 Å². The van der Waals surface area contributed by atoms with E-state index < -0.39 is 16.9 Å². The molecule has 0 spiro atoms. The van der Waals surface area contributed by atoms with E-state index in [0.717, 1.165) is 25.9 Å². The van der Waals surface area contributed by atoms with Crippen molar-refractivity contribution in [3.63, 3.8) is 0 Å². The summed E-state index contributed by atoms with van der Waals surface area (Å²) in [6.45, 7) is 3.36. The summed E-state index contributed by atoms with van der Waals surface area (Å²) >= 11 is 0. The molecule has 206 valence electrons. The number of carbonyl (C=O) groups excluding carboxylic acids is 2. The Labute approximate surface area is 226 Å². The summed E-state index contributed by atoms with van der Waals surface area (Å²) in [7, 11) is 0.524. The number of primary amides is 1. The van der Waals surface area contributed by atoms with Gasteiger partial charge in [0.15, 0.2) is 17.3 Å². The van der Waals surface area contributed by atoms with E-state index in [-0.39, 0.29) is 29.0 Å². The van der Waals surface area contributed by atoms with Gasteiger partial charge in [-0.05, 0) is 25.0 Å². The van der Waals surface area contributed by atoms with E-state index in [1.54, 1.807) is 24.5 Å². The molecular weight excluding hydrogens is 526 g/mol. The predicted molar refractivity (Wildman–Crippen MR) is 142 cm³/mol. The number of piperazine rings is 1. The van der Waals surface area contributed by atoms with Crippen LogP contribution in [0.2, 0.25) is 0 Å². The molecule has 14 nitrogen and oxygen atoms in total. The lowest BCUT2D eigenvalue weighted by Gasteiger charge is -2.31. The molecule has 2 amide bonds. The van der Waals surface area contributed by atoms with Gasteiger partial charge in [0.25, 0.3) is 5.91 Å². The number of rotatable bonds is 10. The lowest BCUT2D eigenvalue weighted by molar-refractivity contribution is -0.117. The maximum Gasteiger partial charge on any atom is 0.271 e. The van der Waals surface area contributed by atoms with Gasteiger partial charge in [0, 0.05) is 44.4 Å². The quantitative estimate of drug-likeness (QED) is 0.326. The molecular formula is C24H29N9O5S. The third kappa shape index (κ3) is 6.21. The van der Waals surface area contributed by atoms with Crippen LogP contribution in [-0.2, 0) is 22.3 Å². The van der Waals surface area contributed by atoms with Crippen molar-refractivity contribution >= 4 is 40.0 Å². The fraction of sp³-hybridized carbons (Fsp3) is 0.417. The van der Waals surface area contributed by atoms with Crippen molar-refractivity contribution in [1.29, 1.82) is 0 Å². The molecule has 3 heterocycles. The minimum atomic E-state index is -0.979. The zero-order valence-corrected chi connectivity index (χ0v) is 22.4. The van der Waals surface area contributed by atoms with E-state index in [9.17, 15) is 13.8 Å². The third-order valence-corrected chi connectivity index (χ3v) is 7.57. The van der Waals surface area contributed by atoms with Crippen LogP contribution in [0.25, 0.3) is 11.4 Å². The summed E-state index contributed by atoms with van der Waals surface area (Å²) in [4.78, 5) is 30.9. The van der Waals surface area contributed by atoms with Crippen LogP contribution in [-0.4, -0.2) is 85.1 Å². The molecule has 39 heavy (non-hydrogen) atoms. The van der Waals surface area contributed by atoms with Crippen LogP contribution in [0.3, 0.4) is 0 Å². The van der Waals surface area contributed by atoms with Gasteiger partial charge in [-0.3, -0.25) is 14.5 Å². The number of amides is 2. The van der Waals surface area contributed by atoms with Crippen molar-refractivity contribution in [1.82, 2.24) is 29.5 Å². The average molecular weight is 556 g/mol. The molecule has 3 aromatic rings. The summed E-state index contributed by atoms with van der Waals surface area (Å²) in [5.41, 5.74) is 6.72. The molecule has 2 aromatic heterocycles. The maximum absolute atomic E-state index is 12.2. The summed E-state index contributed by atoms with van der Waals surface area (Å²) < 4.78 is 24.8. The highest BCUT2D eigenvalue weighted by atomic mass is 32.2. The Morgan fingerprint density at radius 2 is 1.95 bits per heavy atom. The number of nitrogens with zero attached hydrogens (tertiary/aromatic N) is 6. The minimum Gasteiger partial charge on any atom is -0.494 e. The SMILES string of the molecule is COc1c(Nc2cc(NC(=O)C3CC3)nnc2C(N)=O)cccc1-c1noc(CN2CCN(S(C)=O)CC2)n1. The zero-order valence-electron chi connectivity index (χ0n) is 21.5. The average Bonchev–Trinajstić information content (AvgIpc) is 3.68. The summed E-state index contributed by atoms with van der Waals surface area (Å²) in [6, 6.07) is 6.80. The second-order valence-corrected chi connectivity index (χ2v) is 10.6. The fourth-order valence-electron chi connectivity index (χ4n) is 4.24. The highest BCUT2D eigenvalue weighted by molar-refractivity contribution is 7.81. The third-order valence-electron chi connectivity index (χ3n) is 6.48. The van der Waals surface area contributed by atoms with E-state index in [1.807, 2.05) is 4.31 Å². The van der Waals surface area contributed by atoms with Crippen molar-refractivity contribution in [3.8, 4) is 17.1 Å². The topological polar surface area (TPSA) is 182 Å². The van der Waals surface area contributed by atoms with Gasteiger partial charge >= 0.3 is 0 Å². The molecule has 1 aromatic carbocycles. The normalized spacial score (nSPS) is 17.0. The molecule has 0 radical (unpaired) electrons. The highest BCUT2D eigenvalue weighted by Crippen LogP contribution is 2.37. The van der Waals surface area contributed by atoms with E-state index >= 15 is 0 Å². The lowest BCUT2D eigenvalue weighted by Crippen LogP contribution is -2.46. The van der Waals surface area contributed by atoms with E-state index in [0.29, 0.717) is 48.3 Å². The first kappa shape index (κ1) is 26.6. The van der Waals surface area contributed by atoms with Crippen LogP contribution in [0.15, 0.2) is 28.8 Å². The Balaban J connectivity index is 1.36. The number of nitrogens with one attached hydrogen (secondary N) is 2. The van der Waals surface area contributed by atoms with Gasteiger partial charge < -0.3 is 25.6 Å². The minimum absolute atomic E-state index is 0.0258. The molecule has 1 saturated heterocycles.